The molecule has 0 amide bonds. The summed E-state index contributed by atoms with van der Waals surface area (Å²) in [4.78, 5) is 0. The zero-order chi connectivity index (χ0) is 14.0. The Balaban J connectivity index is 2.38. The van der Waals surface area contributed by atoms with E-state index in [1.54, 1.807) is 30.3 Å². The van der Waals surface area contributed by atoms with Gasteiger partial charge in [-0.25, -0.2) is 0 Å². The van der Waals surface area contributed by atoms with Crippen LogP contribution in [-0.4, -0.2) is 5.11 Å². The van der Waals surface area contributed by atoms with E-state index in [2.05, 4.69) is 42.1 Å². The summed E-state index contributed by atoms with van der Waals surface area (Å²) in [5, 5.41) is 18.7. The van der Waals surface area contributed by atoms with Gasteiger partial charge in [-0.2, -0.15) is 0 Å². The Labute approximate surface area is 136 Å². The minimum Gasteiger partial charge on any atom is -0.505 e. The SMILES string of the molecule is Oc1c(Br)cc(Br)cc1N=Nc1ccc(Cl)cc1Cl. The number of azo groups is 1. The standard InChI is InChI=1S/C12H6Br2Cl2N2O/c13-6-3-8(14)12(19)11(4-6)18-17-10-2-1-7(15)5-9(10)16/h1-5,19H. The third kappa shape index (κ3) is 3.69. The van der Waals surface area contributed by atoms with Gasteiger partial charge in [0.1, 0.15) is 11.4 Å². The molecule has 2 rings (SSSR count). The average Bonchev–Trinajstić information content (AvgIpc) is 2.33. The molecular formula is C12H6Br2Cl2N2O. The van der Waals surface area contributed by atoms with Gasteiger partial charge in [0.05, 0.1) is 9.50 Å². The highest BCUT2D eigenvalue weighted by Gasteiger charge is 2.07. The lowest BCUT2D eigenvalue weighted by molar-refractivity contribution is 0.473. The molecule has 0 bridgehead atoms. The van der Waals surface area contributed by atoms with Crippen LogP contribution in [0.1, 0.15) is 0 Å². The molecule has 0 heterocycles. The van der Waals surface area contributed by atoms with E-state index in [1.807, 2.05) is 0 Å². The average molecular weight is 425 g/mol. The molecule has 0 aromatic heterocycles. The molecule has 0 atom stereocenters. The first kappa shape index (κ1) is 14.8. The van der Waals surface area contributed by atoms with Crippen molar-refractivity contribution in [2.45, 2.75) is 0 Å². The van der Waals surface area contributed by atoms with Crippen LogP contribution in [0.25, 0.3) is 0 Å². The van der Waals surface area contributed by atoms with Crippen molar-refractivity contribution in [2.75, 3.05) is 0 Å². The molecule has 98 valence electrons. The van der Waals surface area contributed by atoms with Gasteiger partial charge in [-0.3, -0.25) is 0 Å². The van der Waals surface area contributed by atoms with Crippen LogP contribution in [0, 0.1) is 0 Å². The number of halogens is 4. The number of phenols is 1. The second-order valence-electron chi connectivity index (χ2n) is 3.55. The molecule has 0 aliphatic rings. The molecule has 0 aliphatic heterocycles. The summed E-state index contributed by atoms with van der Waals surface area (Å²) < 4.78 is 1.30. The Bertz CT molecular complexity index is 662. The maximum Gasteiger partial charge on any atom is 0.157 e. The highest BCUT2D eigenvalue weighted by atomic mass is 79.9. The van der Waals surface area contributed by atoms with Gasteiger partial charge in [0, 0.05) is 9.50 Å². The summed E-state index contributed by atoms with van der Waals surface area (Å²) in [6.07, 6.45) is 0. The Morgan fingerprint density at radius 3 is 2.32 bits per heavy atom. The molecule has 0 fully saturated rings. The van der Waals surface area contributed by atoms with Crippen LogP contribution in [0.5, 0.6) is 5.75 Å². The van der Waals surface area contributed by atoms with Crippen molar-refractivity contribution in [3.05, 3.63) is 49.3 Å². The number of rotatable bonds is 2. The summed E-state index contributed by atoms with van der Waals surface area (Å²) >= 11 is 18.3. The van der Waals surface area contributed by atoms with E-state index in [4.69, 9.17) is 23.2 Å². The molecule has 1 N–H and O–H groups in total. The number of nitrogens with zero attached hydrogens (tertiary/aromatic N) is 2. The van der Waals surface area contributed by atoms with E-state index in [9.17, 15) is 5.11 Å². The van der Waals surface area contributed by atoms with Crippen LogP contribution >= 0.6 is 55.1 Å². The number of phenolic OH excluding ortho intramolecular Hbond substituents is 1. The van der Waals surface area contributed by atoms with Gasteiger partial charge in [0.2, 0.25) is 0 Å². The van der Waals surface area contributed by atoms with Crippen molar-refractivity contribution in [2.24, 2.45) is 10.2 Å². The molecule has 0 saturated heterocycles. The normalized spacial score (nSPS) is 11.2. The van der Waals surface area contributed by atoms with E-state index < -0.39 is 0 Å². The second kappa shape index (κ2) is 6.22. The van der Waals surface area contributed by atoms with Crippen LogP contribution in [0.2, 0.25) is 10.0 Å². The topological polar surface area (TPSA) is 45.0 Å². The van der Waals surface area contributed by atoms with E-state index in [0.29, 0.717) is 25.9 Å². The molecular weight excluding hydrogens is 419 g/mol. The van der Waals surface area contributed by atoms with Crippen molar-refractivity contribution < 1.29 is 5.11 Å². The van der Waals surface area contributed by atoms with Crippen LogP contribution in [0.15, 0.2) is 49.5 Å². The summed E-state index contributed by atoms with van der Waals surface area (Å²) in [7, 11) is 0. The third-order valence-electron chi connectivity index (χ3n) is 2.18. The Hall–Kier alpha value is -0.620. The maximum atomic E-state index is 9.84. The number of hydrogen-bond donors (Lipinski definition) is 1. The smallest absolute Gasteiger partial charge is 0.157 e. The first-order valence-corrected chi connectivity index (χ1v) is 7.36. The predicted molar refractivity (Wildman–Crippen MR) is 84.1 cm³/mol. The van der Waals surface area contributed by atoms with E-state index in [0.717, 1.165) is 4.47 Å². The molecule has 19 heavy (non-hydrogen) atoms. The van der Waals surface area contributed by atoms with Gasteiger partial charge in [-0.15, -0.1) is 10.2 Å². The molecule has 0 unspecified atom stereocenters. The molecule has 2 aromatic carbocycles. The van der Waals surface area contributed by atoms with Gasteiger partial charge in [-0.05, 0) is 46.3 Å². The molecule has 7 heteroatoms. The van der Waals surface area contributed by atoms with Gasteiger partial charge in [-0.1, -0.05) is 39.1 Å². The predicted octanol–water partition coefficient (Wildman–Crippen LogP) is 6.64. The summed E-state index contributed by atoms with van der Waals surface area (Å²) in [5.74, 6) is 0.0111. The largest absolute Gasteiger partial charge is 0.505 e. The second-order valence-corrected chi connectivity index (χ2v) is 6.16. The zero-order valence-electron chi connectivity index (χ0n) is 9.24. The summed E-state index contributed by atoms with van der Waals surface area (Å²) in [5.41, 5.74) is 0.800. The van der Waals surface area contributed by atoms with E-state index in [1.165, 1.54) is 0 Å². The van der Waals surface area contributed by atoms with Crippen LogP contribution in [0.4, 0.5) is 11.4 Å². The Kier molecular flexibility index (Phi) is 4.84. The minimum atomic E-state index is 0.0111. The van der Waals surface area contributed by atoms with E-state index in [-0.39, 0.29) is 5.75 Å². The van der Waals surface area contributed by atoms with Crippen molar-refractivity contribution >= 4 is 66.4 Å². The zero-order valence-corrected chi connectivity index (χ0v) is 13.9. The number of aromatic hydroxyl groups is 1. The van der Waals surface area contributed by atoms with Crippen LogP contribution in [-0.2, 0) is 0 Å². The fourth-order valence-corrected chi connectivity index (χ4v) is 2.95. The minimum absolute atomic E-state index is 0.0111. The number of benzene rings is 2. The van der Waals surface area contributed by atoms with Crippen molar-refractivity contribution in [3.63, 3.8) is 0 Å². The molecule has 2 aromatic rings. The highest BCUT2D eigenvalue weighted by molar-refractivity contribution is 9.11. The Morgan fingerprint density at radius 2 is 1.63 bits per heavy atom. The number of hydrogen-bond acceptors (Lipinski definition) is 3. The lowest BCUT2D eigenvalue weighted by Gasteiger charge is -2.02. The summed E-state index contributed by atoms with van der Waals surface area (Å²) in [6, 6.07) is 8.25. The Morgan fingerprint density at radius 1 is 0.947 bits per heavy atom. The third-order valence-corrected chi connectivity index (χ3v) is 3.78. The highest BCUT2D eigenvalue weighted by Crippen LogP contribution is 2.38. The fraction of sp³-hybridized carbons (Fsp3) is 0. The van der Waals surface area contributed by atoms with Gasteiger partial charge < -0.3 is 5.11 Å². The van der Waals surface area contributed by atoms with Gasteiger partial charge >= 0.3 is 0 Å². The fourth-order valence-electron chi connectivity index (χ4n) is 1.30. The molecule has 0 saturated carbocycles. The van der Waals surface area contributed by atoms with Crippen molar-refractivity contribution in [1.82, 2.24) is 0 Å². The molecule has 3 nitrogen and oxygen atoms in total. The van der Waals surface area contributed by atoms with Crippen LogP contribution < -0.4 is 0 Å². The first-order valence-electron chi connectivity index (χ1n) is 5.02. The first-order chi connectivity index (χ1) is 8.97. The lowest BCUT2D eigenvalue weighted by Crippen LogP contribution is -1.73. The lowest BCUT2D eigenvalue weighted by atomic mass is 10.3. The quantitative estimate of drug-likeness (QED) is 0.539. The van der Waals surface area contributed by atoms with Crippen LogP contribution in [0.3, 0.4) is 0 Å². The molecule has 0 aliphatic carbocycles. The summed E-state index contributed by atoms with van der Waals surface area (Å²) in [6.45, 7) is 0. The van der Waals surface area contributed by atoms with E-state index >= 15 is 0 Å². The van der Waals surface area contributed by atoms with Gasteiger partial charge in [0.15, 0.2) is 5.75 Å². The maximum absolute atomic E-state index is 9.84. The monoisotopic (exact) mass is 422 g/mol. The molecule has 0 spiro atoms. The van der Waals surface area contributed by atoms with Gasteiger partial charge in [0.25, 0.3) is 0 Å². The molecule has 0 radical (unpaired) electrons. The van der Waals surface area contributed by atoms with Crippen molar-refractivity contribution in [1.29, 1.82) is 0 Å². The van der Waals surface area contributed by atoms with Crippen molar-refractivity contribution in [3.8, 4) is 5.75 Å².